The largest absolute Gasteiger partial charge is 0.489 e. The van der Waals surface area contributed by atoms with Crippen LogP contribution in [0, 0.1) is 6.92 Å². The molecule has 0 radical (unpaired) electrons. The minimum atomic E-state index is 0.169. The Morgan fingerprint density at radius 1 is 1.29 bits per heavy atom. The Morgan fingerprint density at radius 2 is 2.17 bits per heavy atom. The van der Waals surface area contributed by atoms with Gasteiger partial charge >= 0.3 is 0 Å². The first-order chi connectivity index (χ1) is 17.0. The number of hydrogen-bond donors (Lipinski definition) is 3. The van der Waals surface area contributed by atoms with Crippen LogP contribution in [0.2, 0.25) is 5.02 Å². The predicted molar refractivity (Wildman–Crippen MR) is 141 cm³/mol. The Morgan fingerprint density at radius 3 is 3.03 bits per heavy atom. The van der Waals surface area contributed by atoms with Crippen LogP contribution >= 0.6 is 11.6 Å². The maximum atomic E-state index is 7.13. The predicted octanol–water partition coefficient (Wildman–Crippen LogP) is 3.28. The number of halogens is 1. The molecule has 2 aromatic heterocycles. The molecule has 1 atom stereocenters. The summed E-state index contributed by atoms with van der Waals surface area (Å²) in [6.45, 7) is 6.83. The van der Waals surface area contributed by atoms with E-state index in [9.17, 15) is 0 Å². The van der Waals surface area contributed by atoms with Crippen LogP contribution in [0.15, 0.2) is 24.4 Å². The number of aryl methyl sites for hydroxylation is 1. The smallest absolute Gasteiger partial charge is 0.225 e. The molecule has 0 aliphatic carbocycles. The normalized spacial score (nSPS) is 17.5. The van der Waals surface area contributed by atoms with Gasteiger partial charge in [-0.1, -0.05) is 17.7 Å². The molecule has 0 bridgehead atoms. The summed E-state index contributed by atoms with van der Waals surface area (Å²) in [6.07, 6.45) is 1.85. The second-order valence-corrected chi connectivity index (χ2v) is 9.89. The van der Waals surface area contributed by atoms with Crippen molar-refractivity contribution in [2.24, 2.45) is 0 Å². The summed E-state index contributed by atoms with van der Waals surface area (Å²) in [5.74, 6) is 2.15. The van der Waals surface area contributed by atoms with Crippen molar-refractivity contribution in [2.75, 3.05) is 63.6 Å². The average molecular weight is 493 g/mol. The van der Waals surface area contributed by atoms with Crippen LogP contribution in [0.25, 0.3) is 32.9 Å². The maximum Gasteiger partial charge on any atom is 0.225 e. The van der Waals surface area contributed by atoms with Crippen molar-refractivity contribution in [3.63, 3.8) is 0 Å². The number of H-pyrrole nitrogens is 1. The van der Waals surface area contributed by atoms with E-state index < -0.39 is 0 Å². The first kappa shape index (κ1) is 22.3. The van der Waals surface area contributed by atoms with Crippen LogP contribution < -0.4 is 20.3 Å². The number of aromatic nitrogens is 4. The Kier molecular flexibility index (Phi) is 5.63. The lowest BCUT2D eigenvalue weighted by molar-refractivity contribution is 0.274. The number of likely N-dealkylation sites (N-methyl/N-ethyl adjacent to an activating group) is 1. The lowest BCUT2D eigenvalue weighted by atomic mass is 9.95. The molecule has 4 aromatic rings. The quantitative estimate of drug-likeness (QED) is 0.391. The number of nitrogens with zero attached hydrogens (tertiary/aromatic N) is 5. The highest BCUT2D eigenvalue weighted by atomic mass is 35.5. The van der Waals surface area contributed by atoms with E-state index >= 15 is 0 Å². The van der Waals surface area contributed by atoms with E-state index in [4.69, 9.17) is 26.3 Å². The molecule has 0 spiro atoms. The number of fused-ring (bicyclic) bond motifs is 3. The van der Waals surface area contributed by atoms with E-state index in [-0.39, 0.29) is 6.04 Å². The SMILES string of the molecule is Cc1ccc2[nH]ncc2c1-c1cc2nc(NCCN(C)C)nc3c2c(c1Cl)OC[C@@H]1CNCCN31. The van der Waals surface area contributed by atoms with Crippen molar-refractivity contribution < 1.29 is 4.74 Å². The Labute approximate surface area is 208 Å². The van der Waals surface area contributed by atoms with Gasteiger partial charge in [0.2, 0.25) is 5.95 Å². The molecule has 0 unspecified atom stereocenters. The van der Waals surface area contributed by atoms with Gasteiger partial charge < -0.3 is 25.2 Å². The zero-order chi connectivity index (χ0) is 24.1. The van der Waals surface area contributed by atoms with Crippen molar-refractivity contribution in [1.29, 1.82) is 0 Å². The van der Waals surface area contributed by atoms with Crippen LogP contribution in [0.1, 0.15) is 5.56 Å². The van der Waals surface area contributed by atoms with Gasteiger partial charge in [0, 0.05) is 43.7 Å². The summed E-state index contributed by atoms with van der Waals surface area (Å²) in [6, 6.07) is 6.37. The molecule has 2 aromatic carbocycles. The third-order valence-electron chi connectivity index (χ3n) is 6.85. The molecule has 182 valence electrons. The van der Waals surface area contributed by atoms with Crippen LogP contribution in [0.3, 0.4) is 0 Å². The van der Waals surface area contributed by atoms with Crippen LogP contribution in [-0.2, 0) is 0 Å². The molecular weight excluding hydrogens is 464 g/mol. The summed E-state index contributed by atoms with van der Waals surface area (Å²) in [7, 11) is 4.11. The highest BCUT2D eigenvalue weighted by molar-refractivity contribution is 6.37. The van der Waals surface area contributed by atoms with Crippen LogP contribution in [0.5, 0.6) is 5.75 Å². The van der Waals surface area contributed by atoms with E-state index in [0.717, 1.165) is 77.0 Å². The Hall–Kier alpha value is -3.14. The van der Waals surface area contributed by atoms with Gasteiger partial charge in [-0.25, -0.2) is 4.98 Å². The monoisotopic (exact) mass is 492 g/mol. The van der Waals surface area contributed by atoms with Gasteiger partial charge in [-0.15, -0.1) is 0 Å². The zero-order valence-corrected chi connectivity index (χ0v) is 20.9. The van der Waals surface area contributed by atoms with Gasteiger partial charge in [0.1, 0.15) is 12.4 Å². The molecule has 2 aliphatic heterocycles. The number of benzene rings is 2. The van der Waals surface area contributed by atoms with Crippen LogP contribution in [-0.4, -0.2) is 84.5 Å². The molecule has 35 heavy (non-hydrogen) atoms. The van der Waals surface area contributed by atoms with E-state index in [1.807, 2.05) is 12.3 Å². The molecule has 3 N–H and O–H groups in total. The molecule has 1 fully saturated rings. The average Bonchev–Trinajstić information content (AvgIpc) is 3.25. The third-order valence-corrected chi connectivity index (χ3v) is 7.22. The minimum Gasteiger partial charge on any atom is -0.489 e. The van der Waals surface area contributed by atoms with Gasteiger partial charge in [-0.05, 0) is 44.3 Å². The van der Waals surface area contributed by atoms with E-state index in [1.165, 1.54) is 0 Å². The van der Waals surface area contributed by atoms with E-state index in [2.05, 4.69) is 63.8 Å². The van der Waals surface area contributed by atoms with E-state index in [0.29, 0.717) is 23.3 Å². The zero-order valence-electron chi connectivity index (χ0n) is 20.2. The number of piperazine rings is 1. The highest BCUT2D eigenvalue weighted by Crippen LogP contribution is 2.47. The van der Waals surface area contributed by atoms with Crippen molar-refractivity contribution in [2.45, 2.75) is 13.0 Å². The number of hydrogen-bond acceptors (Lipinski definition) is 8. The minimum absolute atomic E-state index is 0.169. The maximum absolute atomic E-state index is 7.13. The fourth-order valence-electron chi connectivity index (χ4n) is 5.07. The molecule has 10 heteroatoms. The third kappa shape index (κ3) is 3.84. The first-order valence-corrected chi connectivity index (χ1v) is 12.3. The highest BCUT2D eigenvalue weighted by Gasteiger charge is 2.33. The van der Waals surface area contributed by atoms with Crippen molar-refractivity contribution in [1.82, 2.24) is 30.4 Å². The number of ether oxygens (including phenoxy) is 1. The lowest BCUT2D eigenvalue weighted by Gasteiger charge is -2.35. The summed E-state index contributed by atoms with van der Waals surface area (Å²) in [5, 5.41) is 16.7. The van der Waals surface area contributed by atoms with Crippen molar-refractivity contribution >= 4 is 45.2 Å². The number of aromatic amines is 1. The van der Waals surface area contributed by atoms with Gasteiger partial charge in [-0.2, -0.15) is 10.1 Å². The molecule has 1 saturated heterocycles. The lowest BCUT2D eigenvalue weighted by Crippen LogP contribution is -2.53. The Balaban J connectivity index is 1.59. The second kappa shape index (κ2) is 8.82. The second-order valence-electron chi connectivity index (χ2n) is 9.51. The molecule has 6 rings (SSSR count). The standard InChI is InChI=1S/C25H29ClN8O/c1-14-4-5-18-17(12-29-32-18)20(14)16-10-19-21-23(22(16)26)35-13-15-11-27-6-9-34(15)24(21)31-25(30-19)28-7-8-33(2)3/h4-5,10,12,15,27H,6-9,11,13H2,1-3H3,(H,29,32)(H,28,30,31)/t15-/m0/s1. The van der Waals surface area contributed by atoms with Gasteiger partial charge in [0.25, 0.3) is 0 Å². The topological polar surface area (TPSA) is 94.2 Å². The summed E-state index contributed by atoms with van der Waals surface area (Å²) in [4.78, 5) is 14.4. The Bertz CT molecular complexity index is 1420. The fraction of sp³-hybridized carbons (Fsp3) is 0.400. The number of nitrogens with one attached hydrogen (secondary N) is 3. The molecule has 2 aliphatic rings. The summed E-state index contributed by atoms with van der Waals surface area (Å²) in [5.41, 5.74) is 4.82. The van der Waals surface area contributed by atoms with Crippen molar-refractivity contribution in [3.05, 3.63) is 35.0 Å². The summed E-state index contributed by atoms with van der Waals surface area (Å²) < 4.78 is 6.42. The first-order valence-electron chi connectivity index (χ1n) is 12.0. The fourth-order valence-corrected chi connectivity index (χ4v) is 5.37. The number of anilines is 2. The van der Waals surface area contributed by atoms with Gasteiger partial charge in [0.05, 0.1) is 33.7 Å². The molecule has 0 saturated carbocycles. The number of rotatable bonds is 5. The molecular formula is C25H29ClN8O. The van der Waals surface area contributed by atoms with Crippen molar-refractivity contribution in [3.8, 4) is 16.9 Å². The van der Waals surface area contributed by atoms with Gasteiger partial charge in [-0.3, -0.25) is 5.10 Å². The molecule has 9 nitrogen and oxygen atoms in total. The molecule has 4 heterocycles. The van der Waals surface area contributed by atoms with E-state index in [1.54, 1.807) is 0 Å². The van der Waals surface area contributed by atoms with Gasteiger partial charge in [0.15, 0.2) is 5.75 Å². The molecule has 0 amide bonds. The summed E-state index contributed by atoms with van der Waals surface area (Å²) >= 11 is 7.13. The van der Waals surface area contributed by atoms with Crippen LogP contribution in [0.4, 0.5) is 11.8 Å².